The lowest BCUT2D eigenvalue weighted by Crippen LogP contribution is -2.02. The lowest BCUT2D eigenvalue weighted by molar-refractivity contribution is 0.0957. The van der Waals surface area contributed by atoms with E-state index >= 15 is 0 Å². The van der Waals surface area contributed by atoms with Crippen molar-refractivity contribution in [2.24, 2.45) is 11.8 Å². The molecule has 2 nitrogen and oxygen atoms in total. The van der Waals surface area contributed by atoms with Crippen LogP contribution < -0.4 is 4.74 Å². The molecule has 0 radical (unpaired) electrons. The van der Waals surface area contributed by atoms with E-state index < -0.39 is 0 Å². The molecule has 0 atom stereocenters. The van der Waals surface area contributed by atoms with Crippen LogP contribution >= 0.6 is 48.8 Å². The second kappa shape index (κ2) is 13.9. The van der Waals surface area contributed by atoms with Crippen LogP contribution in [-0.2, 0) is 11.3 Å². The van der Waals surface area contributed by atoms with Crippen molar-refractivity contribution in [2.75, 3.05) is 13.2 Å². The van der Waals surface area contributed by atoms with Gasteiger partial charge in [0.1, 0.15) is 5.75 Å². The van der Waals surface area contributed by atoms with Gasteiger partial charge in [0, 0.05) is 11.5 Å². The summed E-state index contributed by atoms with van der Waals surface area (Å²) in [6.45, 7) is 15.0. The van der Waals surface area contributed by atoms with E-state index in [4.69, 9.17) is 34.7 Å². The highest BCUT2D eigenvalue weighted by atomic mass is 32.2. The maximum Gasteiger partial charge on any atom is 0.133 e. The summed E-state index contributed by atoms with van der Waals surface area (Å²) in [5, 5.41) is 0. The predicted octanol–water partition coefficient (Wildman–Crippen LogP) is 8.77. The highest BCUT2D eigenvalue weighted by Gasteiger charge is 2.12. The van der Waals surface area contributed by atoms with Gasteiger partial charge in [-0.25, -0.2) is 0 Å². The van der Waals surface area contributed by atoms with Crippen molar-refractivity contribution in [1.82, 2.24) is 0 Å². The van der Waals surface area contributed by atoms with E-state index in [1.165, 1.54) is 16.7 Å². The van der Waals surface area contributed by atoms with Gasteiger partial charge in [-0.15, -0.1) is 25.3 Å². The van der Waals surface area contributed by atoms with Crippen molar-refractivity contribution in [3.8, 4) is 5.75 Å². The van der Waals surface area contributed by atoms with Gasteiger partial charge in [0.05, 0.1) is 26.6 Å². The third-order valence-corrected chi connectivity index (χ3v) is 8.12. The predicted molar refractivity (Wildman–Crippen MR) is 149 cm³/mol. The molecule has 0 saturated carbocycles. The maximum absolute atomic E-state index is 6.07. The van der Waals surface area contributed by atoms with E-state index in [-0.39, 0.29) is 0 Å². The molecule has 0 heterocycles. The van der Waals surface area contributed by atoms with Crippen LogP contribution in [0.15, 0.2) is 54.7 Å². The molecular formula is C26H36O2S4. The Kier molecular flexibility index (Phi) is 12.0. The number of thiol groups is 2. The van der Waals surface area contributed by atoms with Crippen molar-refractivity contribution in [3.63, 3.8) is 0 Å². The van der Waals surface area contributed by atoms with Crippen LogP contribution in [0.3, 0.4) is 0 Å². The average molecular weight is 509 g/mol. The lowest BCUT2D eigenvalue weighted by atomic mass is 10.1. The Labute approximate surface area is 214 Å². The minimum Gasteiger partial charge on any atom is -0.492 e. The molecule has 0 fully saturated rings. The third-order valence-electron chi connectivity index (χ3n) is 4.58. The molecule has 0 bridgehead atoms. The van der Waals surface area contributed by atoms with Crippen molar-refractivity contribution in [3.05, 3.63) is 61.6 Å². The molecule has 0 spiro atoms. The lowest BCUT2D eigenvalue weighted by Gasteiger charge is -2.15. The minimum atomic E-state index is 0.517. The fourth-order valence-electron chi connectivity index (χ4n) is 2.80. The maximum atomic E-state index is 6.07. The molecule has 0 unspecified atom stereocenters. The van der Waals surface area contributed by atoms with E-state index in [0.29, 0.717) is 25.0 Å². The molecule has 2 rings (SSSR count). The molecule has 0 saturated heterocycles. The summed E-state index contributed by atoms with van der Waals surface area (Å²) >= 11 is 12.8. The van der Waals surface area contributed by atoms with E-state index in [0.717, 1.165) is 37.0 Å². The fourth-order valence-corrected chi connectivity index (χ4v) is 5.48. The zero-order valence-electron chi connectivity index (χ0n) is 20.0. The van der Waals surface area contributed by atoms with Gasteiger partial charge in [-0.2, -0.15) is 0 Å². The summed E-state index contributed by atoms with van der Waals surface area (Å²) in [7, 11) is 0. The van der Waals surface area contributed by atoms with Crippen LogP contribution in [0.5, 0.6) is 5.75 Å². The second-order valence-corrected chi connectivity index (χ2v) is 12.4. The molecule has 6 heteroatoms. The molecule has 0 N–H and O–H groups in total. The molecular weight excluding hydrogens is 473 g/mol. The van der Waals surface area contributed by atoms with Gasteiger partial charge in [-0.3, -0.25) is 0 Å². The molecule has 32 heavy (non-hydrogen) atoms. The van der Waals surface area contributed by atoms with Crippen LogP contribution in [0.1, 0.15) is 50.8 Å². The standard InChI is InChI=1S/C26H36O2S4/c1-17(2)11-12-28-22-10-8-20(6)14-24(22)32-26(30)25(29)31-23-13-19(5)7-9-21(23)16-27-15-18(3)4/h7-10,13-14,17-18,29-30H,11-12,15-16H2,1-6H3. The van der Waals surface area contributed by atoms with Crippen molar-refractivity contribution >= 4 is 48.8 Å². The number of aryl methyl sites for hydroxylation is 2. The molecule has 0 aliphatic rings. The molecule has 0 aromatic heterocycles. The SMILES string of the molecule is Cc1ccc(COCC(C)C)c(SC(S)=C(S)Sc2cc(C)ccc2OCCC(C)C)c1. The molecule has 2 aromatic carbocycles. The number of ether oxygens (including phenoxy) is 2. The Morgan fingerprint density at radius 3 is 2.06 bits per heavy atom. The summed E-state index contributed by atoms with van der Waals surface area (Å²) in [5.74, 6) is 2.03. The molecule has 0 aliphatic carbocycles. The van der Waals surface area contributed by atoms with Crippen LogP contribution in [0.4, 0.5) is 0 Å². The van der Waals surface area contributed by atoms with Gasteiger partial charge in [0.25, 0.3) is 0 Å². The van der Waals surface area contributed by atoms with E-state index in [2.05, 4.69) is 77.9 Å². The van der Waals surface area contributed by atoms with Crippen LogP contribution in [0.25, 0.3) is 0 Å². The van der Waals surface area contributed by atoms with Gasteiger partial charge >= 0.3 is 0 Å². The Morgan fingerprint density at radius 2 is 1.44 bits per heavy atom. The van der Waals surface area contributed by atoms with Crippen LogP contribution in [0.2, 0.25) is 0 Å². The van der Waals surface area contributed by atoms with Crippen LogP contribution in [0, 0.1) is 25.7 Å². The summed E-state index contributed by atoms with van der Waals surface area (Å²) in [6.07, 6.45) is 1.03. The molecule has 176 valence electrons. The average Bonchev–Trinajstić information content (AvgIpc) is 2.70. The normalized spacial score (nSPS) is 12.4. The first-order chi connectivity index (χ1) is 15.2. The van der Waals surface area contributed by atoms with E-state index in [1.807, 2.05) is 0 Å². The summed E-state index contributed by atoms with van der Waals surface area (Å²) < 4.78 is 13.7. The van der Waals surface area contributed by atoms with Crippen molar-refractivity contribution in [1.29, 1.82) is 0 Å². The van der Waals surface area contributed by atoms with Crippen LogP contribution in [-0.4, -0.2) is 13.2 Å². The first-order valence-electron chi connectivity index (χ1n) is 11.0. The second-order valence-electron chi connectivity index (χ2n) is 8.82. The molecule has 0 amide bonds. The van der Waals surface area contributed by atoms with Crippen molar-refractivity contribution < 1.29 is 9.47 Å². The Bertz CT molecular complexity index is 833. The highest BCUT2D eigenvalue weighted by molar-refractivity contribution is 8.21. The van der Waals surface area contributed by atoms with Gasteiger partial charge < -0.3 is 9.47 Å². The summed E-state index contributed by atoms with van der Waals surface area (Å²) in [4.78, 5) is 2.22. The Hall–Kier alpha value is -0.660. The van der Waals surface area contributed by atoms with Gasteiger partial charge in [-0.1, -0.05) is 69.4 Å². The number of thioether (sulfide) groups is 2. The first-order valence-corrected chi connectivity index (χ1v) is 13.6. The monoisotopic (exact) mass is 508 g/mol. The highest BCUT2D eigenvalue weighted by Crippen LogP contribution is 2.44. The fraction of sp³-hybridized carbons (Fsp3) is 0.462. The Balaban J connectivity index is 2.16. The van der Waals surface area contributed by atoms with Gasteiger partial charge in [-0.05, 0) is 67.0 Å². The van der Waals surface area contributed by atoms with E-state index in [1.54, 1.807) is 23.5 Å². The largest absolute Gasteiger partial charge is 0.492 e. The van der Waals surface area contributed by atoms with Gasteiger partial charge in [0.15, 0.2) is 0 Å². The number of benzene rings is 2. The molecule has 2 aromatic rings. The first kappa shape index (κ1) is 27.6. The van der Waals surface area contributed by atoms with E-state index in [9.17, 15) is 0 Å². The third kappa shape index (κ3) is 9.68. The smallest absolute Gasteiger partial charge is 0.133 e. The quantitative estimate of drug-likeness (QED) is 0.220. The zero-order chi connectivity index (χ0) is 23.7. The van der Waals surface area contributed by atoms with Gasteiger partial charge in [0.2, 0.25) is 0 Å². The number of hydrogen-bond donors (Lipinski definition) is 2. The number of rotatable bonds is 12. The number of hydrogen-bond acceptors (Lipinski definition) is 6. The van der Waals surface area contributed by atoms with Crippen molar-refractivity contribution in [2.45, 2.75) is 64.4 Å². The Morgan fingerprint density at radius 1 is 0.844 bits per heavy atom. The topological polar surface area (TPSA) is 18.5 Å². The molecule has 0 aliphatic heterocycles. The summed E-state index contributed by atoms with van der Waals surface area (Å²) in [6, 6.07) is 12.7. The minimum absolute atomic E-state index is 0.517. The zero-order valence-corrected chi connectivity index (χ0v) is 23.4. The summed E-state index contributed by atoms with van der Waals surface area (Å²) in [5.41, 5.74) is 3.59.